The van der Waals surface area contributed by atoms with Crippen LogP contribution >= 0.6 is 15.1 Å². The number of esters is 1. The maximum atomic E-state index is 12.7. The Hall–Kier alpha value is -2.89. The van der Waals surface area contributed by atoms with Crippen molar-refractivity contribution < 1.29 is 70.7 Å². The summed E-state index contributed by atoms with van der Waals surface area (Å²) in [6.07, 6.45) is 17.6. The number of rotatable bonds is 35. The Balaban J connectivity index is 1.03. The lowest BCUT2D eigenvalue weighted by molar-refractivity contribution is -0.150. The van der Waals surface area contributed by atoms with E-state index in [0.29, 0.717) is 117 Å². The summed E-state index contributed by atoms with van der Waals surface area (Å²) in [5.74, 6) is 0.848. The number of aryl methyl sites for hydroxylation is 1. The summed E-state index contributed by atoms with van der Waals surface area (Å²) in [6, 6.07) is 7.79. The normalized spacial score (nSPS) is 19.1. The number of nitrogens with zero attached hydrogens (tertiary/aromatic N) is 2. The van der Waals surface area contributed by atoms with Gasteiger partial charge in [0.15, 0.2) is 0 Å². The van der Waals surface area contributed by atoms with Crippen LogP contribution < -0.4 is 4.74 Å². The minimum absolute atomic E-state index is 0.0139. The van der Waals surface area contributed by atoms with Gasteiger partial charge in [-0.1, -0.05) is 26.2 Å². The molecule has 1 saturated heterocycles. The number of aromatic nitrogens is 2. The molecule has 378 valence electrons. The summed E-state index contributed by atoms with van der Waals surface area (Å²) >= 11 is 0. The van der Waals surface area contributed by atoms with Crippen LogP contribution in [-0.2, 0) is 69.0 Å². The van der Waals surface area contributed by atoms with Gasteiger partial charge in [0.1, 0.15) is 36.1 Å². The van der Waals surface area contributed by atoms with Crippen LogP contribution in [0.2, 0.25) is 0 Å². The first-order chi connectivity index (χ1) is 32.3. The van der Waals surface area contributed by atoms with E-state index < -0.39 is 27.3 Å². The number of fused-ring (bicyclic) bond motifs is 1. The van der Waals surface area contributed by atoms with E-state index in [1.165, 1.54) is 12.7 Å². The first kappa shape index (κ1) is 56.7. The Bertz CT molecular complexity index is 1880. The van der Waals surface area contributed by atoms with Crippen LogP contribution in [0, 0.1) is 6.92 Å². The summed E-state index contributed by atoms with van der Waals surface area (Å²) in [6.45, 7) is 7.35. The minimum Gasteiger partial charge on any atom is -0.491 e. The number of Topliss-reactive ketones (excluding diaryl/α,β-unsaturated/α-hetero) is 2. The van der Waals surface area contributed by atoms with Gasteiger partial charge in [-0.25, -0.2) is 0 Å². The zero-order chi connectivity index (χ0) is 48.3. The van der Waals surface area contributed by atoms with E-state index in [9.17, 15) is 24.2 Å². The third-order valence-corrected chi connectivity index (χ3v) is 13.8. The molecule has 17 nitrogen and oxygen atoms in total. The second-order valence-electron chi connectivity index (χ2n) is 16.8. The Morgan fingerprint density at radius 1 is 0.731 bits per heavy atom. The zero-order valence-electron chi connectivity index (χ0n) is 40.0. The minimum atomic E-state index is -3.31. The van der Waals surface area contributed by atoms with Crippen molar-refractivity contribution in [3.63, 3.8) is 0 Å². The molecule has 2 N–H and O–H groups in total. The Morgan fingerprint density at radius 2 is 1.43 bits per heavy atom. The van der Waals surface area contributed by atoms with Crippen molar-refractivity contribution in [3.8, 4) is 17.0 Å². The van der Waals surface area contributed by atoms with E-state index >= 15 is 0 Å². The fourth-order valence-corrected chi connectivity index (χ4v) is 9.28. The molecule has 2 aromatic rings. The van der Waals surface area contributed by atoms with Crippen LogP contribution in [0.15, 0.2) is 24.3 Å². The fraction of sp³-hybridized carbons (Fsp3) is 0.688. The first-order valence-corrected chi connectivity index (χ1v) is 27.4. The van der Waals surface area contributed by atoms with Gasteiger partial charge in [0.25, 0.3) is 0 Å². The monoisotopic (exact) mass is 982 g/mol. The van der Waals surface area contributed by atoms with E-state index in [4.69, 9.17) is 46.5 Å². The summed E-state index contributed by atoms with van der Waals surface area (Å²) < 4.78 is 55.6. The van der Waals surface area contributed by atoms with Gasteiger partial charge < -0.3 is 56.3 Å². The highest BCUT2D eigenvalue weighted by Crippen LogP contribution is 2.47. The molecule has 1 aromatic carbocycles. The van der Waals surface area contributed by atoms with E-state index in [1.54, 1.807) is 0 Å². The average molecular weight is 983 g/mol. The molecule has 4 rings (SSSR count). The number of hydrogen-bond donors (Lipinski definition) is 2. The van der Waals surface area contributed by atoms with Gasteiger partial charge >= 0.3 is 5.97 Å². The van der Waals surface area contributed by atoms with Crippen molar-refractivity contribution in [2.75, 3.05) is 73.2 Å². The van der Waals surface area contributed by atoms with E-state index in [0.717, 1.165) is 80.3 Å². The van der Waals surface area contributed by atoms with Gasteiger partial charge in [0, 0.05) is 64.4 Å². The number of hydrogen-bond acceptors (Lipinski definition) is 17. The van der Waals surface area contributed by atoms with Crippen molar-refractivity contribution in [2.45, 2.75) is 141 Å². The first-order valence-electron chi connectivity index (χ1n) is 23.9. The van der Waals surface area contributed by atoms with Crippen molar-refractivity contribution >= 4 is 45.3 Å². The summed E-state index contributed by atoms with van der Waals surface area (Å²) in [4.78, 5) is 56.9. The largest absolute Gasteiger partial charge is 0.491 e. The van der Waals surface area contributed by atoms with E-state index in [1.807, 2.05) is 38.1 Å². The highest BCUT2D eigenvalue weighted by Gasteiger charge is 2.34. The molecule has 5 atom stereocenters. The van der Waals surface area contributed by atoms with E-state index in [2.05, 4.69) is 22.8 Å². The lowest BCUT2D eigenvalue weighted by atomic mass is 9.89. The molecule has 0 amide bonds. The van der Waals surface area contributed by atoms with Crippen LogP contribution in [0.1, 0.15) is 120 Å². The van der Waals surface area contributed by atoms with Gasteiger partial charge in [-0.15, -0.1) is 5.10 Å². The lowest BCUT2D eigenvalue weighted by Crippen LogP contribution is -2.28. The number of carbonyl (C=O) groups is 3. The fourth-order valence-electron chi connectivity index (χ4n) is 7.65. The maximum absolute atomic E-state index is 12.7. The zero-order valence-corrected chi connectivity index (χ0v) is 41.8. The molecule has 0 saturated carbocycles. The highest BCUT2D eigenvalue weighted by atomic mass is 31.2. The Labute approximate surface area is 397 Å². The average Bonchev–Trinajstić information content (AvgIpc) is 3.74. The highest BCUT2D eigenvalue weighted by molar-refractivity contribution is 7.58. The smallest absolute Gasteiger partial charge is 0.306 e. The topological polar surface area (TPSA) is 210 Å². The predicted octanol–water partition coefficient (Wildman–Crippen LogP) is 7.74. The van der Waals surface area contributed by atoms with Gasteiger partial charge in [0.2, 0.25) is 15.1 Å². The van der Waals surface area contributed by atoms with Crippen LogP contribution in [0.3, 0.4) is 0 Å². The number of unbranched alkanes of at least 4 members (excludes halogenated alkanes) is 4. The van der Waals surface area contributed by atoms with Crippen LogP contribution in [0.5, 0.6) is 5.75 Å². The second-order valence-corrected chi connectivity index (χ2v) is 20.5. The van der Waals surface area contributed by atoms with Crippen LogP contribution in [-0.4, -0.2) is 142 Å². The SMILES string of the molecule is C=P(O)(OC)OCC1OCCC1OP(=C)(O)OCCCCCCCC(=O)CCOCCOc1ccc(-c2nnc(C)c3c2CCC(OC(=O)CCCOCCOCCC(=O)CC)CCC3)cc1. The molecule has 1 aliphatic heterocycles. The van der Waals surface area contributed by atoms with E-state index in [-0.39, 0.29) is 30.2 Å². The van der Waals surface area contributed by atoms with Gasteiger partial charge in [-0.3, -0.25) is 14.4 Å². The summed E-state index contributed by atoms with van der Waals surface area (Å²) in [7, 11) is -5.16. The Kier molecular flexibility index (Phi) is 26.5. The van der Waals surface area contributed by atoms with Crippen molar-refractivity contribution in [2.24, 2.45) is 0 Å². The standard InChI is InChI=1S/C48H76N2O15P2/c1-6-39(51)24-29-58-33-32-57-27-13-17-47(53)64-42-15-12-16-43-37(2)49-50-48(44(43)23-22-42)38-18-20-41(21-19-38)60-35-34-59-30-25-40(52)14-10-8-7-9-11-28-62-67(5,55)65-45-26-31-61-46(45)36-63-66(4,54)56-3/h18-21,42,45-46,54-55H,4-17,22-36H2,1-3H3. The van der Waals surface area contributed by atoms with Crippen LogP contribution in [0.25, 0.3) is 11.3 Å². The number of benzene rings is 1. The summed E-state index contributed by atoms with van der Waals surface area (Å²) in [5, 5.41) is 9.11. The molecule has 1 aromatic heterocycles. The van der Waals surface area contributed by atoms with Gasteiger partial charge in [0.05, 0.1) is 63.7 Å². The molecule has 2 heterocycles. The molecule has 0 radical (unpaired) electrons. The molecule has 0 spiro atoms. The molecule has 67 heavy (non-hydrogen) atoms. The number of ether oxygens (including phenoxy) is 6. The third-order valence-electron chi connectivity index (χ3n) is 11.5. The Morgan fingerprint density at radius 3 is 2.18 bits per heavy atom. The van der Waals surface area contributed by atoms with Crippen molar-refractivity contribution in [1.82, 2.24) is 10.2 Å². The van der Waals surface area contributed by atoms with Crippen molar-refractivity contribution in [1.29, 1.82) is 0 Å². The second kappa shape index (κ2) is 31.4. The number of ketones is 2. The predicted molar refractivity (Wildman–Crippen MR) is 258 cm³/mol. The number of carbonyl (C=O) groups excluding carboxylic acids is 3. The molecular formula is C48H76N2O15P2. The molecule has 2 aliphatic rings. The molecule has 0 bridgehead atoms. The van der Waals surface area contributed by atoms with Crippen molar-refractivity contribution in [3.05, 3.63) is 41.1 Å². The lowest BCUT2D eigenvalue weighted by Gasteiger charge is -2.26. The molecule has 1 fully saturated rings. The molecule has 1 aliphatic carbocycles. The maximum Gasteiger partial charge on any atom is 0.306 e. The van der Waals surface area contributed by atoms with Gasteiger partial charge in [-0.05, 0) is 106 Å². The quantitative estimate of drug-likeness (QED) is 0.0384. The third kappa shape index (κ3) is 22.6. The summed E-state index contributed by atoms with van der Waals surface area (Å²) in [5.41, 5.74) is 5.06. The van der Waals surface area contributed by atoms with Gasteiger partial charge in [-0.2, -0.15) is 5.10 Å². The van der Waals surface area contributed by atoms with Crippen LogP contribution in [0.4, 0.5) is 0 Å². The molecule has 19 heteroatoms. The molecule has 5 unspecified atom stereocenters. The molecular weight excluding hydrogens is 906 g/mol.